The van der Waals surface area contributed by atoms with Gasteiger partial charge in [0.2, 0.25) is 0 Å². The summed E-state index contributed by atoms with van der Waals surface area (Å²) in [6.45, 7) is 6.40. The minimum atomic E-state index is -0.944. The van der Waals surface area contributed by atoms with Crippen LogP contribution in [0.1, 0.15) is 49.4 Å². The Kier molecular flexibility index (Phi) is 4.63. The van der Waals surface area contributed by atoms with Gasteiger partial charge >= 0.3 is 5.97 Å². The van der Waals surface area contributed by atoms with Crippen molar-refractivity contribution < 1.29 is 15.0 Å². The molecule has 5 nitrogen and oxygen atoms in total. The fourth-order valence-electron chi connectivity index (χ4n) is 2.79. The van der Waals surface area contributed by atoms with E-state index >= 15 is 0 Å². The first-order valence-electron chi connectivity index (χ1n) is 7.34. The molecule has 1 unspecified atom stereocenters. The van der Waals surface area contributed by atoms with Crippen LogP contribution in [0.15, 0.2) is 18.2 Å². The number of benzene rings is 1. The van der Waals surface area contributed by atoms with E-state index in [4.69, 9.17) is 5.11 Å². The average molecular weight is 290 g/mol. The molecule has 1 aromatic carbocycles. The lowest BCUT2D eigenvalue weighted by molar-refractivity contribution is 0.0697. The number of hydrogen-bond donors (Lipinski definition) is 2. The number of aliphatic hydroxyl groups excluding tert-OH is 1. The summed E-state index contributed by atoms with van der Waals surface area (Å²) in [4.78, 5) is 15.7. The summed E-state index contributed by atoms with van der Waals surface area (Å²) >= 11 is 0. The summed E-state index contributed by atoms with van der Waals surface area (Å²) in [6.07, 6.45) is 1.43. The molecule has 1 heterocycles. The van der Waals surface area contributed by atoms with Crippen molar-refractivity contribution in [3.63, 3.8) is 0 Å². The maximum atomic E-state index is 11.1. The number of nitrogens with zero attached hydrogens (tertiary/aromatic N) is 2. The van der Waals surface area contributed by atoms with Crippen LogP contribution in [-0.4, -0.2) is 32.3 Å². The van der Waals surface area contributed by atoms with E-state index in [0.717, 1.165) is 17.8 Å². The van der Waals surface area contributed by atoms with Gasteiger partial charge in [-0.25, -0.2) is 9.78 Å². The summed E-state index contributed by atoms with van der Waals surface area (Å²) < 4.78 is 2.15. The number of aromatic nitrogens is 2. The number of fused-ring (bicyclic) bond motifs is 1. The molecular formula is C16H22N2O3. The van der Waals surface area contributed by atoms with Gasteiger partial charge in [0.05, 0.1) is 16.6 Å². The van der Waals surface area contributed by atoms with E-state index in [1.54, 1.807) is 12.1 Å². The summed E-state index contributed by atoms with van der Waals surface area (Å²) in [5.74, 6) is 0.346. The molecule has 0 bridgehead atoms. The van der Waals surface area contributed by atoms with E-state index in [1.807, 2.05) is 13.0 Å². The fourth-order valence-corrected chi connectivity index (χ4v) is 2.79. The summed E-state index contributed by atoms with van der Waals surface area (Å²) in [5.41, 5.74) is 1.89. The molecule has 0 amide bonds. The molecule has 0 saturated heterocycles. The van der Waals surface area contributed by atoms with Crippen molar-refractivity contribution in [1.82, 2.24) is 9.55 Å². The number of carbonyl (C=O) groups is 1. The van der Waals surface area contributed by atoms with Crippen LogP contribution in [-0.2, 0) is 6.42 Å². The highest BCUT2D eigenvalue weighted by Gasteiger charge is 2.21. The van der Waals surface area contributed by atoms with E-state index in [1.165, 1.54) is 0 Å². The van der Waals surface area contributed by atoms with Crippen molar-refractivity contribution in [3.8, 4) is 0 Å². The molecule has 0 saturated carbocycles. The van der Waals surface area contributed by atoms with Crippen molar-refractivity contribution in [2.75, 3.05) is 6.61 Å². The molecule has 0 aliphatic rings. The predicted octanol–water partition coefficient (Wildman–Crippen LogP) is 2.88. The highest BCUT2D eigenvalue weighted by molar-refractivity contribution is 5.92. The van der Waals surface area contributed by atoms with Crippen LogP contribution in [0.3, 0.4) is 0 Å². The van der Waals surface area contributed by atoms with Crippen molar-refractivity contribution >= 4 is 17.0 Å². The van der Waals surface area contributed by atoms with E-state index in [-0.39, 0.29) is 18.2 Å². The second-order valence-corrected chi connectivity index (χ2v) is 5.58. The summed E-state index contributed by atoms with van der Waals surface area (Å²) in [6, 6.07) is 5.20. The van der Waals surface area contributed by atoms with Gasteiger partial charge in [0, 0.05) is 19.1 Å². The van der Waals surface area contributed by atoms with Crippen LogP contribution in [0.5, 0.6) is 0 Å². The first-order valence-corrected chi connectivity index (χ1v) is 7.34. The van der Waals surface area contributed by atoms with Crippen molar-refractivity contribution in [2.24, 2.45) is 5.92 Å². The van der Waals surface area contributed by atoms with E-state index in [0.29, 0.717) is 17.9 Å². The Morgan fingerprint density at radius 2 is 2.10 bits per heavy atom. The minimum absolute atomic E-state index is 0.124. The van der Waals surface area contributed by atoms with Gasteiger partial charge in [0.15, 0.2) is 0 Å². The van der Waals surface area contributed by atoms with E-state index < -0.39 is 5.97 Å². The van der Waals surface area contributed by atoms with E-state index in [2.05, 4.69) is 23.4 Å². The SMILES string of the molecule is CCc1nc2cc(C(=O)O)ccc2n1C(CCO)C(C)C. The zero-order valence-electron chi connectivity index (χ0n) is 12.7. The smallest absolute Gasteiger partial charge is 0.335 e. The first kappa shape index (κ1) is 15.5. The van der Waals surface area contributed by atoms with Gasteiger partial charge in [0.1, 0.15) is 5.82 Å². The zero-order valence-corrected chi connectivity index (χ0v) is 12.7. The number of carboxylic acid groups (broad SMARTS) is 1. The van der Waals surface area contributed by atoms with Crippen LogP contribution >= 0.6 is 0 Å². The molecular weight excluding hydrogens is 268 g/mol. The number of carboxylic acids is 1. The summed E-state index contributed by atoms with van der Waals surface area (Å²) in [7, 11) is 0. The van der Waals surface area contributed by atoms with Gasteiger partial charge in [0.25, 0.3) is 0 Å². The second kappa shape index (κ2) is 6.26. The van der Waals surface area contributed by atoms with Crippen LogP contribution in [0.4, 0.5) is 0 Å². The standard InChI is InChI=1S/C16H22N2O3/c1-4-15-17-12-9-11(16(20)21)5-6-14(12)18(15)13(7-8-19)10(2)3/h5-6,9-10,13,19H,4,7-8H2,1-3H3,(H,20,21). The fraction of sp³-hybridized carbons (Fsp3) is 0.500. The monoisotopic (exact) mass is 290 g/mol. The maximum Gasteiger partial charge on any atom is 0.335 e. The molecule has 0 aliphatic heterocycles. The molecule has 114 valence electrons. The molecule has 2 N–H and O–H groups in total. The zero-order chi connectivity index (χ0) is 15.6. The minimum Gasteiger partial charge on any atom is -0.478 e. The van der Waals surface area contributed by atoms with Crippen LogP contribution in [0.25, 0.3) is 11.0 Å². The van der Waals surface area contributed by atoms with Crippen molar-refractivity contribution in [1.29, 1.82) is 0 Å². The predicted molar refractivity (Wildman–Crippen MR) is 81.6 cm³/mol. The lowest BCUT2D eigenvalue weighted by atomic mass is 10.0. The normalized spacial score (nSPS) is 13.0. The molecule has 0 aliphatic carbocycles. The average Bonchev–Trinajstić information content (AvgIpc) is 2.81. The number of hydrogen-bond acceptors (Lipinski definition) is 3. The third kappa shape index (κ3) is 2.93. The Morgan fingerprint density at radius 1 is 1.38 bits per heavy atom. The molecule has 2 aromatic rings. The second-order valence-electron chi connectivity index (χ2n) is 5.58. The number of rotatable bonds is 6. The van der Waals surface area contributed by atoms with Crippen LogP contribution in [0.2, 0.25) is 0 Å². The number of imidazole rings is 1. The highest BCUT2D eigenvalue weighted by Crippen LogP contribution is 2.29. The topological polar surface area (TPSA) is 75.3 Å². The van der Waals surface area contributed by atoms with Gasteiger partial charge in [-0.05, 0) is 30.5 Å². The quantitative estimate of drug-likeness (QED) is 0.857. The lowest BCUT2D eigenvalue weighted by Gasteiger charge is -2.24. The molecule has 0 radical (unpaired) electrons. The largest absolute Gasteiger partial charge is 0.478 e. The van der Waals surface area contributed by atoms with Crippen LogP contribution < -0.4 is 0 Å². The third-order valence-electron chi connectivity index (χ3n) is 3.85. The lowest BCUT2D eigenvalue weighted by Crippen LogP contribution is -2.19. The summed E-state index contributed by atoms with van der Waals surface area (Å²) in [5, 5.41) is 18.4. The number of aliphatic hydroxyl groups is 1. The number of aromatic carboxylic acids is 1. The van der Waals surface area contributed by atoms with Gasteiger partial charge in [-0.15, -0.1) is 0 Å². The first-order chi connectivity index (χ1) is 9.99. The van der Waals surface area contributed by atoms with Gasteiger partial charge < -0.3 is 14.8 Å². The van der Waals surface area contributed by atoms with Crippen molar-refractivity contribution in [2.45, 2.75) is 39.7 Å². The molecule has 1 aromatic heterocycles. The Morgan fingerprint density at radius 3 is 2.62 bits per heavy atom. The molecule has 2 rings (SSSR count). The number of aryl methyl sites for hydroxylation is 1. The van der Waals surface area contributed by atoms with Crippen LogP contribution in [0, 0.1) is 5.92 Å². The molecule has 1 atom stereocenters. The molecule has 21 heavy (non-hydrogen) atoms. The molecule has 0 fully saturated rings. The Balaban J connectivity index is 2.63. The third-order valence-corrected chi connectivity index (χ3v) is 3.85. The van der Waals surface area contributed by atoms with Gasteiger partial charge in [-0.2, -0.15) is 0 Å². The molecule has 0 spiro atoms. The highest BCUT2D eigenvalue weighted by atomic mass is 16.4. The van der Waals surface area contributed by atoms with Gasteiger partial charge in [-0.1, -0.05) is 20.8 Å². The maximum absolute atomic E-state index is 11.1. The van der Waals surface area contributed by atoms with Gasteiger partial charge in [-0.3, -0.25) is 0 Å². The van der Waals surface area contributed by atoms with E-state index in [9.17, 15) is 9.90 Å². The Bertz CT molecular complexity index is 646. The Hall–Kier alpha value is -1.88. The van der Waals surface area contributed by atoms with Crippen molar-refractivity contribution in [3.05, 3.63) is 29.6 Å². The molecule has 5 heteroatoms. The Labute approximate surface area is 124 Å².